The van der Waals surface area contributed by atoms with E-state index in [0.29, 0.717) is 11.4 Å². The van der Waals surface area contributed by atoms with Gasteiger partial charge in [-0.1, -0.05) is 12.1 Å². The lowest BCUT2D eigenvalue weighted by molar-refractivity contribution is 1.10. The molecule has 0 aliphatic rings. The van der Waals surface area contributed by atoms with E-state index in [1.807, 2.05) is 30.5 Å². The zero-order valence-corrected chi connectivity index (χ0v) is 8.60. The highest BCUT2D eigenvalue weighted by Crippen LogP contribution is 2.08. The van der Waals surface area contributed by atoms with Crippen molar-refractivity contribution in [2.75, 3.05) is 6.26 Å². The summed E-state index contributed by atoms with van der Waals surface area (Å²) >= 11 is 1.59. The van der Waals surface area contributed by atoms with Gasteiger partial charge in [-0.2, -0.15) is 11.8 Å². The summed E-state index contributed by atoms with van der Waals surface area (Å²) in [6.07, 6.45) is 1.95. The molecule has 0 spiro atoms. The third kappa shape index (κ3) is 1.65. The molecule has 0 aliphatic heterocycles. The summed E-state index contributed by atoms with van der Waals surface area (Å²) in [5.74, 6) is 0.653. The number of H-pyrrole nitrogens is 1. The quantitative estimate of drug-likeness (QED) is 0.814. The smallest absolute Gasteiger partial charge is 0.270 e. The van der Waals surface area contributed by atoms with Gasteiger partial charge in [0.05, 0.1) is 11.0 Å². The van der Waals surface area contributed by atoms with Crippen molar-refractivity contribution >= 4 is 22.8 Å². The van der Waals surface area contributed by atoms with Crippen LogP contribution in [0, 0.1) is 0 Å². The highest BCUT2D eigenvalue weighted by atomic mass is 32.2. The number of rotatable bonds is 2. The van der Waals surface area contributed by atoms with Crippen LogP contribution < -0.4 is 5.56 Å². The maximum absolute atomic E-state index is 11.5. The molecule has 1 N–H and O–H groups in total. The highest BCUT2D eigenvalue weighted by Gasteiger charge is 2.02. The molecular formula is C10H10N2OS. The number of hydrogen-bond donors (Lipinski definition) is 1. The number of nitrogens with zero attached hydrogens (tertiary/aromatic N) is 1. The predicted molar refractivity (Wildman–Crippen MR) is 59.6 cm³/mol. The molecule has 1 aromatic heterocycles. The summed E-state index contributed by atoms with van der Waals surface area (Å²) in [6, 6.07) is 7.55. The van der Waals surface area contributed by atoms with E-state index in [1.165, 1.54) is 0 Å². The van der Waals surface area contributed by atoms with Gasteiger partial charge in [-0.15, -0.1) is 0 Å². The molecule has 2 rings (SSSR count). The Balaban J connectivity index is 2.65. The van der Waals surface area contributed by atoms with E-state index in [2.05, 4.69) is 9.97 Å². The van der Waals surface area contributed by atoms with Gasteiger partial charge in [-0.25, -0.2) is 4.98 Å². The second-order valence-electron chi connectivity index (χ2n) is 2.96. The molecule has 0 saturated carbocycles. The lowest BCUT2D eigenvalue weighted by atomic mass is 10.3. The maximum Gasteiger partial charge on any atom is 0.270 e. The summed E-state index contributed by atoms with van der Waals surface area (Å²) in [7, 11) is 0. The van der Waals surface area contributed by atoms with Crippen molar-refractivity contribution in [2.45, 2.75) is 5.75 Å². The topological polar surface area (TPSA) is 45.8 Å². The molecule has 72 valence electrons. The summed E-state index contributed by atoms with van der Waals surface area (Å²) < 4.78 is 0. The molecule has 2 aromatic rings. The first-order valence-electron chi connectivity index (χ1n) is 4.28. The van der Waals surface area contributed by atoms with Gasteiger partial charge < -0.3 is 4.98 Å². The molecule has 0 amide bonds. The van der Waals surface area contributed by atoms with Crippen molar-refractivity contribution in [1.29, 1.82) is 0 Å². The third-order valence-electron chi connectivity index (χ3n) is 1.95. The molecule has 0 unspecified atom stereocenters. The van der Waals surface area contributed by atoms with Crippen LogP contribution in [0.4, 0.5) is 0 Å². The van der Waals surface area contributed by atoms with Crippen LogP contribution >= 0.6 is 11.8 Å². The Morgan fingerprint density at radius 3 is 3.00 bits per heavy atom. The normalized spacial score (nSPS) is 10.6. The van der Waals surface area contributed by atoms with Gasteiger partial charge >= 0.3 is 0 Å². The zero-order chi connectivity index (χ0) is 9.97. The Bertz CT molecular complexity index is 507. The SMILES string of the molecule is CSCc1nc2ccccc2[nH]c1=O. The molecule has 0 radical (unpaired) electrons. The Morgan fingerprint density at radius 1 is 1.43 bits per heavy atom. The minimum atomic E-state index is -0.0851. The van der Waals surface area contributed by atoms with Crippen molar-refractivity contribution < 1.29 is 0 Å². The molecule has 4 heteroatoms. The first-order chi connectivity index (χ1) is 6.81. The highest BCUT2D eigenvalue weighted by molar-refractivity contribution is 7.97. The number of hydrogen-bond acceptors (Lipinski definition) is 3. The molecule has 1 aromatic carbocycles. The first kappa shape index (κ1) is 9.27. The third-order valence-corrected chi connectivity index (χ3v) is 2.51. The first-order valence-corrected chi connectivity index (χ1v) is 5.67. The lowest BCUT2D eigenvalue weighted by Gasteiger charge is -1.99. The summed E-state index contributed by atoms with van der Waals surface area (Å²) in [5.41, 5.74) is 2.15. The van der Waals surface area contributed by atoms with Gasteiger partial charge in [0.1, 0.15) is 5.69 Å². The van der Waals surface area contributed by atoms with Gasteiger partial charge in [0.2, 0.25) is 0 Å². The lowest BCUT2D eigenvalue weighted by Crippen LogP contribution is -2.13. The van der Waals surface area contributed by atoms with Crippen molar-refractivity contribution in [1.82, 2.24) is 9.97 Å². The number of nitrogens with one attached hydrogen (secondary N) is 1. The number of fused-ring (bicyclic) bond motifs is 1. The number of thioether (sulfide) groups is 1. The average molecular weight is 206 g/mol. The Kier molecular flexibility index (Phi) is 2.54. The second-order valence-corrected chi connectivity index (χ2v) is 3.83. The fourth-order valence-electron chi connectivity index (χ4n) is 1.30. The van der Waals surface area contributed by atoms with E-state index in [-0.39, 0.29) is 5.56 Å². The van der Waals surface area contributed by atoms with Gasteiger partial charge in [0, 0.05) is 5.75 Å². The predicted octanol–water partition coefficient (Wildman–Crippen LogP) is 1.79. The monoisotopic (exact) mass is 206 g/mol. The van der Waals surface area contributed by atoms with Crippen molar-refractivity contribution in [3.05, 3.63) is 40.3 Å². The van der Waals surface area contributed by atoms with Gasteiger partial charge in [0.25, 0.3) is 5.56 Å². The minimum absolute atomic E-state index is 0.0851. The van der Waals surface area contributed by atoms with E-state index in [9.17, 15) is 4.79 Å². The van der Waals surface area contributed by atoms with E-state index >= 15 is 0 Å². The standard InChI is InChI=1S/C10H10N2OS/c1-14-6-9-10(13)12-8-5-3-2-4-7(8)11-9/h2-5H,6H2,1H3,(H,12,13). The van der Waals surface area contributed by atoms with Crippen LogP contribution in [-0.4, -0.2) is 16.2 Å². The zero-order valence-electron chi connectivity index (χ0n) is 7.78. The van der Waals surface area contributed by atoms with E-state index in [1.54, 1.807) is 11.8 Å². The molecule has 14 heavy (non-hydrogen) atoms. The van der Waals surface area contributed by atoms with Crippen molar-refractivity contribution in [2.24, 2.45) is 0 Å². The van der Waals surface area contributed by atoms with Crippen LogP contribution in [0.3, 0.4) is 0 Å². The van der Waals surface area contributed by atoms with E-state index < -0.39 is 0 Å². The largest absolute Gasteiger partial charge is 0.319 e. The number of para-hydroxylation sites is 2. The van der Waals surface area contributed by atoms with Crippen LogP contribution in [0.2, 0.25) is 0 Å². The number of benzene rings is 1. The fraction of sp³-hybridized carbons (Fsp3) is 0.200. The number of aromatic amines is 1. The minimum Gasteiger partial charge on any atom is -0.319 e. The summed E-state index contributed by atoms with van der Waals surface area (Å²) in [5, 5.41) is 0. The Hall–Kier alpha value is -1.29. The molecule has 1 heterocycles. The fourth-order valence-corrected chi connectivity index (χ4v) is 1.77. The average Bonchev–Trinajstić information content (AvgIpc) is 2.19. The second kappa shape index (κ2) is 3.84. The molecular weight excluding hydrogens is 196 g/mol. The Morgan fingerprint density at radius 2 is 2.21 bits per heavy atom. The molecule has 0 atom stereocenters. The van der Waals surface area contributed by atoms with E-state index in [0.717, 1.165) is 11.0 Å². The number of aromatic nitrogens is 2. The Labute approximate surface area is 85.6 Å². The van der Waals surface area contributed by atoms with Crippen LogP contribution in [0.15, 0.2) is 29.1 Å². The van der Waals surface area contributed by atoms with Crippen LogP contribution in [-0.2, 0) is 5.75 Å². The van der Waals surface area contributed by atoms with Crippen LogP contribution in [0.5, 0.6) is 0 Å². The van der Waals surface area contributed by atoms with Gasteiger partial charge in [-0.05, 0) is 18.4 Å². The molecule has 0 bridgehead atoms. The summed E-state index contributed by atoms with van der Waals surface area (Å²) in [4.78, 5) is 18.6. The van der Waals surface area contributed by atoms with Crippen LogP contribution in [0.1, 0.15) is 5.69 Å². The van der Waals surface area contributed by atoms with Crippen molar-refractivity contribution in [3.8, 4) is 0 Å². The molecule has 0 aliphatic carbocycles. The molecule has 3 nitrogen and oxygen atoms in total. The van der Waals surface area contributed by atoms with Crippen molar-refractivity contribution in [3.63, 3.8) is 0 Å². The van der Waals surface area contributed by atoms with Gasteiger partial charge in [0.15, 0.2) is 0 Å². The molecule has 0 fully saturated rings. The summed E-state index contributed by atoms with van der Waals surface area (Å²) in [6.45, 7) is 0. The molecule has 0 saturated heterocycles. The van der Waals surface area contributed by atoms with Crippen LogP contribution in [0.25, 0.3) is 11.0 Å². The maximum atomic E-state index is 11.5. The van der Waals surface area contributed by atoms with Gasteiger partial charge in [-0.3, -0.25) is 4.79 Å². The van der Waals surface area contributed by atoms with E-state index in [4.69, 9.17) is 0 Å².